The molecule has 2 aliphatic rings. The van der Waals surface area contributed by atoms with E-state index in [0.717, 1.165) is 89.4 Å². The summed E-state index contributed by atoms with van der Waals surface area (Å²) in [6, 6.07) is 38.6. The maximum atomic E-state index is 12.6. The molecule has 0 aliphatic carbocycles. The van der Waals surface area contributed by atoms with Gasteiger partial charge in [-0.15, -0.1) is 0 Å². The van der Waals surface area contributed by atoms with Crippen molar-refractivity contribution in [1.29, 1.82) is 0 Å². The summed E-state index contributed by atoms with van der Waals surface area (Å²) < 4.78 is 0. The number of carbonyl (C=O) groups excluding carboxylic acids is 2. The van der Waals surface area contributed by atoms with E-state index in [1.165, 1.54) is 41.7 Å². The van der Waals surface area contributed by atoms with Crippen molar-refractivity contribution in [2.75, 3.05) is 0 Å². The summed E-state index contributed by atoms with van der Waals surface area (Å²) >= 11 is 0. The monoisotopic (exact) mass is 866 g/mol. The molecule has 6 heteroatoms. The number of hydrogen-bond acceptors (Lipinski definition) is 4. The smallest absolute Gasteiger partial charge is 0.144 e. The standard InChI is InChI=1S/C60H58N4O2/c1-34-32-35(2)53(36(3)33-34)58-51-30-28-49(63-51)56(41-16-20-43(21-17-41)59(6,7)8)47-26-24-45(61-47)55(40-14-12-39(13-15-40)54(37(4)65)38(5)66)46-25-27-48(62-46)57(50-29-31-52(58)64-50)42-18-22-44(23-19-42)60(9,10)11/h12-33,54,61,64H,1-11H3. The first-order chi connectivity index (χ1) is 31.3. The molecule has 0 saturated heterocycles. The lowest BCUT2D eigenvalue weighted by molar-refractivity contribution is -0.126. The van der Waals surface area contributed by atoms with Crippen molar-refractivity contribution in [3.8, 4) is 44.5 Å². The molecule has 5 heterocycles. The van der Waals surface area contributed by atoms with E-state index in [-0.39, 0.29) is 22.4 Å². The number of aryl methyl sites for hydroxylation is 3. The number of nitrogens with zero attached hydrogens (tertiary/aromatic N) is 2. The van der Waals surface area contributed by atoms with E-state index in [1.807, 2.05) is 24.3 Å². The Morgan fingerprint density at radius 1 is 0.439 bits per heavy atom. The van der Waals surface area contributed by atoms with E-state index >= 15 is 0 Å². The van der Waals surface area contributed by atoms with Gasteiger partial charge in [0.2, 0.25) is 0 Å². The van der Waals surface area contributed by atoms with Gasteiger partial charge in [0.15, 0.2) is 0 Å². The van der Waals surface area contributed by atoms with Crippen LogP contribution in [0.5, 0.6) is 0 Å². The number of benzene rings is 4. The summed E-state index contributed by atoms with van der Waals surface area (Å²) in [4.78, 5) is 44.1. The van der Waals surface area contributed by atoms with Crippen molar-refractivity contribution >= 4 is 57.9 Å². The number of fused-ring (bicyclic) bond motifs is 8. The van der Waals surface area contributed by atoms with Crippen molar-refractivity contribution in [3.63, 3.8) is 0 Å². The van der Waals surface area contributed by atoms with Crippen LogP contribution in [0.1, 0.15) is 117 Å². The number of carbonyl (C=O) groups is 2. The lowest BCUT2D eigenvalue weighted by Crippen LogP contribution is -2.16. The van der Waals surface area contributed by atoms with Gasteiger partial charge in [-0.25, -0.2) is 9.97 Å². The molecule has 0 atom stereocenters. The lowest BCUT2D eigenvalue weighted by atomic mass is 9.86. The molecule has 66 heavy (non-hydrogen) atoms. The topological polar surface area (TPSA) is 91.5 Å². The zero-order chi connectivity index (χ0) is 46.8. The molecule has 4 aromatic carbocycles. The first-order valence-corrected chi connectivity index (χ1v) is 22.9. The summed E-state index contributed by atoms with van der Waals surface area (Å²) in [7, 11) is 0. The van der Waals surface area contributed by atoms with Crippen LogP contribution in [0.3, 0.4) is 0 Å². The number of hydrogen-bond donors (Lipinski definition) is 2. The van der Waals surface area contributed by atoms with Crippen LogP contribution >= 0.6 is 0 Å². The van der Waals surface area contributed by atoms with Gasteiger partial charge in [0, 0.05) is 44.3 Å². The molecule has 0 fully saturated rings. The first kappa shape index (κ1) is 44.0. The van der Waals surface area contributed by atoms with E-state index in [2.05, 4.69) is 182 Å². The van der Waals surface area contributed by atoms with Gasteiger partial charge in [-0.2, -0.15) is 0 Å². The van der Waals surface area contributed by atoms with Crippen LogP contribution in [0, 0.1) is 20.8 Å². The van der Waals surface area contributed by atoms with Gasteiger partial charge in [0.25, 0.3) is 0 Å². The number of ketones is 2. The first-order valence-electron chi connectivity index (χ1n) is 22.9. The fourth-order valence-corrected chi connectivity index (χ4v) is 9.83. The summed E-state index contributed by atoms with van der Waals surface area (Å²) in [6.45, 7) is 22.9. The number of aromatic amines is 2. The number of rotatable bonds is 7. The predicted molar refractivity (Wildman–Crippen MR) is 276 cm³/mol. The van der Waals surface area contributed by atoms with E-state index in [0.29, 0.717) is 5.56 Å². The second-order valence-corrected chi connectivity index (χ2v) is 20.2. The SMILES string of the molecule is CC(=O)C(C(C)=O)c1ccc(-c2c3nc(c(-c4ccc(C(C)(C)C)cc4)c4ccc([nH]4)c(-c4c(C)cc(C)cc4C)c4nc(c(-c5ccc(C(C)(C)C)cc5)c5ccc2[nH]5)C=C4)C=C3)cc1. The summed E-state index contributed by atoms with van der Waals surface area (Å²) in [5, 5.41) is 0. The Bertz CT molecular complexity index is 3230. The molecule has 2 N–H and O–H groups in total. The van der Waals surface area contributed by atoms with Gasteiger partial charge in [-0.05, 0) is 144 Å². The van der Waals surface area contributed by atoms with Crippen LogP contribution in [-0.4, -0.2) is 31.5 Å². The molecule has 0 amide bonds. The average molecular weight is 867 g/mol. The molecule has 6 nitrogen and oxygen atoms in total. The van der Waals surface area contributed by atoms with Crippen molar-refractivity contribution in [1.82, 2.24) is 19.9 Å². The van der Waals surface area contributed by atoms with Crippen molar-refractivity contribution < 1.29 is 9.59 Å². The normalized spacial score (nSPS) is 12.6. The highest BCUT2D eigenvalue weighted by Gasteiger charge is 2.24. The predicted octanol–water partition coefficient (Wildman–Crippen LogP) is 15.1. The molecule has 0 saturated carbocycles. The van der Waals surface area contributed by atoms with Gasteiger partial charge in [0.05, 0.1) is 22.8 Å². The fraction of sp³-hybridized carbons (Fsp3) is 0.233. The van der Waals surface area contributed by atoms with Gasteiger partial charge in [0.1, 0.15) is 17.5 Å². The highest BCUT2D eigenvalue weighted by molar-refractivity contribution is 6.06. The van der Waals surface area contributed by atoms with E-state index in [4.69, 9.17) is 9.97 Å². The molecule has 0 unspecified atom stereocenters. The molecular formula is C60H58N4O2. The third-order valence-electron chi connectivity index (χ3n) is 13.1. The van der Waals surface area contributed by atoms with E-state index < -0.39 is 5.92 Å². The van der Waals surface area contributed by atoms with Gasteiger partial charge in [-0.1, -0.05) is 132 Å². The average Bonchev–Trinajstić information content (AvgIpc) is 4.10. The maximum absolute atomic E-state index is 12.6. The highest BCUT2D eigenvalue weighted by Crippen LogP contribution is 2.41. The zero-order valence-electron chi connectivity index (χ0n) is 40.0. The Balaban J connectivity index is 1.43. The third-order valence-corrected chi connectivity index (χ3v) is 13.1. The third kappa shape index (κ3) is 8.21. The second-order valence-electron chi connectivity index (χ2n) is 20.2. The lowest BCUT2D eigenvalue weighted by Gasteiger charge is -2.19. The molecular weight excluding hydrogens is 809 g/mol. The highest BCUT2D eigenvalue weighted by atomic mass is 16.1. The molecule has 330 valence electrons. The number of H-pyrrole nitrogens is 2. The van der Waals surface area contributed by atoms with Crippen LogP contribution < -0.4 is 0 Å². The second kappa shape index (κ2) is 16.7. The van der Waals surface area contributed by atoms with Gasteiger partial charge >= 0.3 is 0 Å². The van der Waals surface area contributed by atoms with Crippen LogP contribution in [-0.2, 0) is 20.4 Å². The Kier molecular flexibility index (Phi) is 11.1. The summed E-state index contributed by atoms with van der Waals surface area (Å²) in [5.41, 5.74) is 21.8. The van der Waals surface area contributed by atoms with Crippen molar-refractivity contribution in [2.24, 2.45) is 0 Å². The van der Waals surface area contributed by atoms with Crippen molar-refractivity contribution in [3.05, 3.63) is 165 Å². The molecule has 0 radical (unpaired) electrons. The largest absolute Gasteiger partial charge is 0.354 e. The molecule has 3 aromatic heterocycles. The molecule has 9 rings (SSSR count). The van der Waals surface area contributed by atoms with Crippen LogP contribution in [0.15, 0.2) is 109 Å². The van der Waals surface area contributed by atoms with Gasteiger partial charge < -0.3 is 9.97 Å². The molecule has 8 bridgehead atoms. The van der Waals surface area contributed by atoms with Crippen LogP contribution in [0.4, 0.5) is 0 Å². The van der Waals surface area contributed by atoms with E-state index in [1.54, 1.807) is 0 Å². The van der Waals surface area contributed by atoms with Crippen molar-refractivity contribution in [2.45, 2.75) is 92.9 Å². The minimum atomic E-state index is -0.810. The Hall–Kier alpha value is -7.18. The fourth-order valence-electron chi connectivity index (χ4n) is 9.83. The molecule has 2 aliphatic heterocycles. The van der Waals surface area contributed by atoms with Crippen LogP contribution in [0.25, 0.3) is 90.9 Å². The number of nitrogens with one attached hydrogen (secondary N) is 2. The molecule has 0 spiro atoms. The Morgan fingerprint density at radius 3 is 1.09 bits per heavy atom. The van der Waals surface area contributed by atoms with Gasteiger partial charge in [-0.3, -0.25) is 9.59 Å². The molecule has 7 aromatic rings. The zero-order valence-corrected chi connectivity index (χ0v) is 40.0. The minimum Gasteiger partial charge on any atom is -0.354 e. The summed E-state index contributed by atoms with van der Waals surface area (Å²) in [6.07, 6.45) is 8.50. The van der Waals surface area contributed by atoms with E-state index in [9.17, 15) is 9.59 Å². The maximum Gasteiger partial charge on any atom is 0.144 e. The Morgan fingerprint density at radius 2 is 0.758 bits per heavy atom. The summed E-state index contributed by atoms with van der Waals surface area (Å²) in [5.74, 6) is -1.16. The number of Topliss-reactive ketones (excluding diaryl/α,β-unsaturated/α-hetero) is 2. The number of aromatic nitrogens is 4. The van der Waals surface area contributed by atoms with Crippen LogP contribution in [0.2, 0.25) is 0 Å². The minimum absolute atomic E-state index is 0.00958. The Labute approximate surface area is 388 Å². The quantitative estimate of drug-likeness (QED) is 0.156.